The molecule has 0 aliphatic carbocycles. The summed E-state index contributed by atoms with van der Waals surface area (Å²) in [6.07, 6.45) is 0.349. The molecule has 5 nitrogen and oxygen atoms in total. The zero-order valence-corrected chi connectivity index (χ0v) is 9.08. The van der Waals surface area contributed by atoms with Gasteiger partial charge in [-0.25, -0.2) is 0 Å². The lowest BCUT2D eigenvalue weighted by molar-refractivity contribution is -0.130. The summed E-state index contributed by atoms with van der Waals surface area (Å²) in [5.41, 5.74) is 5.43. The van der Waals surface area contributed by atoms with E-state index in [-0.39, 0.29) is 11.8 Å². The Morgan fingerprint density at radius 1 is 1.43 bits per heavy atom. The summed E-state index contributed by atoms with van der Waals surface area (Å²) in [5.74, 6) is -0.168. The molecule has 0 bridgehead atoms. The molecule has 1 unspecified atom stereocenters. The van der Waals surface area contributed by atoms with Gasteiger partial charge in [0, 0.05) is 26.7 Å². The van der Waals surface area contributed by atoms with Gasteiger partial charge >= 0.3 is 0 Å². The Hall–Kier alpha value is -0.650. The lowest BCUT2D eigenvalue weighted by Gasteiger charge is -2.17. The Kier molecular flexibility index (Phi) is 7.37. The molecule has 0 aliphatic heterocycles. The number of nitrogens with one attached hydrogen (secondary N) is 1. The first-order valence-corrected chi connectivity index (χ1v) is 4.72. The summed E-state index contributed by atoms with van der Waals surface area (Å²) in [7, 11) is 3.06. The van der Waals surface area contributed by atoms with E-state index in [0.29, 0.717) is 13.1 Å². The average molecular weight is 204 g/mol. The normalized spacial score (nSPS) is 12.9. The lowest BCUT2D eigenvalue weighted by atomic mass is 10.1. The van der Waals surface area contributed by atoms with Crippen molar-refractivity contribution in [3.8, 4) is 0 Å². The van der Waals surface area contributed by atoms with Gasteiger partial charge in [0.25, 0.3) is 0 Å². The van der Waals surface area contributed by atoms with Gasteiger partial charge < -0.3 is 20.5 Å². The quantitative estimate of drug-likeness (QED) is 0.559. The summed E-state index contributed by atoms with van der Waals surface area (Å²) in [5, 5.41) is 2.72. The molecule has 0 saturated heterocycles. The molecule has 1 atom stereocenters. The van der Waals surface area contributed by atoms with E-state index in [0.717, 1.165) is 6.42 Å². The average Bonchev–Trinajstić information content (AvgIpc) is 2.21. The van der Waals surface area contributed by atoms with Crippen molar-refractivity contribution < 1.29 is 14.3 Å². The Labute approximate surface area is 84.9 Å². The van der Waals surface area contributed by atoms with Crippen LogP contribution in [0, 0.1) is 5.92 Å². The van der Waals surface area contributed by atoms with Gasteiger partial charge in [-0.05, 0) is 6.42 Å². The van der Waals surface area contributed by atoms with Crippen LogP contribution in [0.2, 0.25) is 0 Å². The van der Waals surface area contributed by atoms with Crippen molar-refractivity contribution in [3.05, 3.63) is 0 Å². The highest BCUT2D eigenvalue weighted by molar-refractivity contribution is 5.78. The van der Waals surface area contributed by atoms with E-state index in [2.05, 4.69) is 5.32 Å². The van der Waals surface area contributed by atoms with Crippen molar-refractivity contribution in [2.24, 2.45) is 11.7 Å². The molecule has 0 aromatic heterocycles. The zero-order valence-electron chi connectivity index (χ0n) is 9.08. The van der Waals surface area contributed by atoms with E-state index in [1.165, 1.54) is 14.2 Å². The molecule has 0 rings (SSSR count). The van der Waals surface area contributed by atoms with Gasteiger partial charge in [-0.1, -0.05) is 6.92 Å². The number of carbonyl (C=O) groups excluding carboxylic acids is 1. The number of nitrogens with two attached hydrogens (primary N) is 1. The second-order valence-corrected chi connectivity index (χ2v) is 2.99. The van der Waals surface area contributed by atoms with E-state index in [1.54, 1.807) is 0 Å². The maximum absolute atomic E-state index is 11.4. The number of rotatable bonds is 7. The van der Waals surface area contributed by atoms with Crippen LogP contribution < -0.4 is 11.1 Å². The highest BCUT2D eigenvalue weighted by Gasteiger charge is 2.15. The first-order valence-electron chi connectivity index (χ1n) is 4.72. The fourth-order valence-corrected chi connectivity index (χ4v) is 1.05. The van der Waals surface area contributed by atoms with Gasteiger partial charge in [-0.15, -0.1) is 0 Å². The number of hydrogen-bond donors (Lipinski definition) is 2. The number of ether oxygens (including phenoxy) is 2. The molecule has 0 fully saturated rings. The van der Waals surface area contributed by atoms with E-state index >= 15 is 0 Å². The second kappa shape index (κ2) is 7.73. The van der Waals surface area contributed by atoms with Gasteiger partial charge in [0.2, 0.25) is 5.91 Å². The highest BCUT2D eigenvalue weighted by Crippen LogP contribution is 1.99. The predicted molar refractivity (Wildman–Crippen MR) is 53.7 cm³/mol. The van der Waals surface area contributed by atoms with Gasteiger partial charge in [0.05, 0.1) is 6.54 Å². The first kappa shape index (κ1) is 13.4. The number of methoxy groups -OCH3 is 2. The maximum atomic E-state index is 11.4. The summed E-state index contributed by atoms with van der Waals surface area (Å²) in [6.45, 7) is 2.65. The Bertz CT molecular complexity index is 156. The zero-order chi connectivity index (χ0) is 11.0. The molecule has 0 aliphatic rings. The third-order valence-corrected chi connectivity index (χ3v) is 2.12. The Morgan fingerprint density at radius 3 is 2.36 bits per heavy atom. The fraction of sp³-hybridized carbons (Fsp3) is 0.889. The smallest absolute Gasteiger partial charge is 0.224 e. The molecule has 0 radical (unpaired) electrons. The minimum Gasteiger partial charge on any atom is -0.354 e. The van der Waals surface area contributed by atoms with Gasteiger partial charge in [0.15, 0.2) is 6.29 Å². The number of amides is 1. The summed E-state index contributed by atoms with van der Waals surface area (Å²) < 4.78 is 9.86. The van der Waals surface area contributed by atoms with E-state index in [4.69, 9.17) is 15.2 Å². The van der Waals surface area contributed by atoms with Crippen molar-refractivity contribution in [3.63, 3.8) is 0 Å². The highest BCUT2D eigenvalue weighted by atomic mass is 16.7. The monoisotopic (exact) mass is 204 g/mol. The molecule has 84 valence electrons. The van der Waals surface area contributed by atoms with Crippen molar-refractivity contribution >= 4 is 5.91 Å². The second-order valence-electron chi connectivity index (χ2n) is 2.99. The molecule has 0 aromatic rings. The van der Waals surface area contributed by atoms with Crippen LogP contribution in [0.15, 0.2) is 0 Å². The summed E-state index contributed by atoms with van der Waals surface area (Å²) >= 11 is 0. The minimum atomic E-state index is -0.394. The van der Waals surface area contributed by atoms with Crippen LogP contribution in [0.3, 0.4) is 0 Å². The summed E-state index contributed by atoms with van der Waals surface area (Å²) in [6, 6.07) is 0. The molecular weight excluding hydrogens is 184 g/mol. The third kappa shape index (κ3) is 4.55. The third-order valence-electron chi connectivity index (χ3n) is 2.12. The number of hydrogen-bond acceptors (Lipinski definition) is 4. The number of carbonyl (C=O) groups is 1. The van der Waals surface area contributed by atoms with Crippen LogP contribution in [-0.4, -0.2) is 39.5 Å². The summed E-state index contributed by atoms with van der Waals surface area (Å²) in [4.78, 5) is 11.4. The molecular formula is C9H20N2O3. The van der Waals surface area contributed by atoms with Crippen molar-refractivity contribution in [1.29, 1.82) is 0 Å². The Morgan fingerprint density at radius 2 is 2.00 bits per heavy atom. The maximum Gasteiger partial charge on any atom is 0.224 e. The van der Waals surface area contributed by atoms with Gasteiger partial charge in [-0.3, -0.25) is 4.79 Å². The first-order chi connectivity index (χ1) is 6.69. The molecule has 0 aromatic carbocycles. The van der Waals surface area contributed by atoms with E-state index in [1.807, 2.05) is 6.92 Å². The van der Waals surface area contributed by atoms with Crippen LogP contribution >= 0.6 is 0 Å². The molecule has 1 amide bonds. The van der Waals surface area contributed by atoms with E-state index in [9.17, 15) is 4.79 Å². The van der Waals surface area contributed by atoms with Crippen LogP contribution in [0.4, 0.5) is 0 Å². The van der Waals surface area contributed by atoms with E-state index < -0.39 is 6.29 Å². The van der Waals surface area contributed by atoms with Crippen molar-refractivity contribution in [1.82, 2.24) is 5.32 Å². The molecule has 5 heteroatoms. The molecule has 14 heavy (non-hydrogen) atoms. The van der Waals surface area contributed by atoms with Crippen LogP contribution in [0.5, 0.6) is 0 Å². The van der Waals surface area contributed by atoms with Gasteiger partial charge in [0.1, 0.15) is 0 Å². The minimum absolute atomic E-state index is 0.0471. The fourth-order valence-electron chi connectivity index (χ4n) is 1.05. The Balaban J connectivity index is 3.81. The lowest BCUT2D eigenvalue weighted by Crippen LogP contribution is -2.39. The van der Waals surface area contributed by atoms with Crippen LogP contribution in [0.1, 0.15) is 13.3 Å². The standard InChI is InChI=1S/C9H20N2O3/c1-4-7(5-10)9(12)11-6-8(13-2)14-3/h7-8H,4-6,10H2,1-3H3,(H,11,12). The topological polar surface area (TPSA) is 73.6 Å². The van der Waals surface area contributed by atoms with Crippen molar-refractivity contribution in [2.45, 2.75) is 19.6 Å². The predicted octanol–water partition coefficient (Wildman–Crippen LogP) is -0.294. The molecule has 3 N–H and O–H groups in total. The SMILES string of the molecule is CCC(CN)C(=O)NCC(OC)OC. The molecule has 0 heterocycles. The van der Waals surface area contributed by atoms with Crippen LogP contribution in [0.25, 0.3) is 0 Å². The molecule has 0 saturated carbocycles. The largest absolute Gasteiger partial charge is 0.354 e. The molecule has 0 spiro atoms. The van der Waals surface area contributed by atoms with Gasteiger partial charge in [-0.2, -0.15) is 0 Å². The van der Waals surface area contributed by atoms with Crippen LogP contribution in [-0.2, 0) is 14.3 Å². The van der Waals surface area contributed by atoms with Crippen molar-refractivity contribution in [2.75, 3.05) is 27.3 Å².